The highest BCUT2D eigenvalue weighted by Gasteiger charge is 2.19. The van der Waals surface area contributed by atoms with E-state index in [2.05, 4.69) is 58.8 Å². The fourth-order valence-electron chi connectivity index (χ4n) is 3.02. The van der Waals surface area contributed by atoms with E-state index in [1.807, 2.05) is 12.1 Å². The molecule has 3 heteroatoms. The number of benzene rings is 2. The summed E-state index contributed by atoms with van der Waals surface area (Å²) in [7, 11) is 0. The third kappa shape index (κ3) is 3.94. The monoisotopic (exact) mass is 291 g/mol. The molecule has 0 bridgehead atoms. The second-order valence-electron chi connectivity index (χ2n) is 5.88. The summed E-state index contributed by atoms with van der Waals surface area (Å²) < 4.78 is 0. The van der Waals surface area contributed by atoms with Crippen LogP contribution in [0.25, 0.3) is 0 Å². The lowest BCUT2D eigenvalue weighted by molar-refractivity contribution is 0.192. The smallest absolute Gasteiger partial charge is 0.0991 e. The van der Waals surface area contributed by atoms with Crippen molar-refractivity contribution in [1.82, 2.24) is 10.2 Å². The van der Waals surface area contributed by atoms with E-state index in [1.165, 1.54) is 11.1 Å². The van der Waals surface area contributed by atoms with Crippen LogP contribution >= 0.6 is 0 Å². The summed E-state index contributed by atoms with van der Waals surface area (Å²) in [6.45, 7) is 4.22. The average molecular weight is 291 g/mol. The SMILES string of the molecule is N#Cc1ccc(CC2CN(Cc3ccccc3)CCN2)cc1. The number of nitrogens with one attached hydrogen (secondary N) is 1. The van der Waals surface area contributed by atoms with Gasteiger partial charge in [-0.25, -0.2) is 0 Å². The van der Waals surface area contributed by atoms with E-state index in [9.17, 15) is 0 Å². The maximum Gasteiger partial charge on any atom is 0.0991 e. The predicted octanol–water partition coefficient (Wildman–Crippen LogP) is 2.57. The summed E-state index contributed by atoms with van der Waals surface area (Å²) in [6.07, 6.45) is 1.01. The Bertz CT molecular complexity index is 628. The Morgan fingerprint density at radius 3 is 2.55 bits per heavy atom. The van der Waals surface area contributed by atoms with Gasteiger partial charge in [0.2, 0.25) is 0 Å². The van der Waals surface area contributed by atoms with E-state index in [4.69, 9.17) is 5.26 Å². The van der Waals surface area contributed by atoms with Crippen molar-refractivity contribution in [2.24, 2.45) is 0 Å². The molecular formula is C19H21N3. The van der Waals surface area contributed by atoms with Gasteiger partial charge in [-0.3, -0.25) is 4.90 Å². The summed E-state index contributed by atoms with van der Waals surface area (Å²) in [4.78, 5) is 2.51. The van der Waals surface area contributed by atoms with Crippen LogP contribution in [0.2, 0.25) is 0 Å². The minimum Gasteiger partial charge on any atom is -0.311 e. The average Bonchev–Trinajstić information content (AvgIpc) is 2.57. The van der Waals surface area contributed by atoms with E-state index in [0.29, 0.717) is 6.04 Å². The van der Waals surface area contributed by atoms with Crippen molar-refractivity contribution >= 4 is 0 Å². The van der Waals surface area contributed by atoms with Gasteiger partial charge in [0, 0.05) is 32.2 Å². The summed E-state index contributed by atoms with van der Waals surface area (Å²) in [6, 6.07) is 21.2. The lowest BCUT2D eigenvalue weighted by Gasteiger charge is -2.34. The molecule has 1 aliphatic heterocycles. The number of nitriles is 1. The topological polar surface area (TPSA) is 39.1 Å². The zero-order chi connectivity index (χ0) is 15.2. The van der Waals surface area contributed by atoms with E-state index in [0.717, 1.165) is 38.2 Å². The minimum absolute atomic E-state index is 0.477. The van der Waals surface area contributed by atoms with Crippen molar-refractivity contribution in [2.45, 2.75) is 19.0 Å². The van der Waals surface area contributed by atoms with Crippen LogP contribution < -0.4 is 5.32 Å². The summed E-state index contributed by atoms with van der Waals surface area (Å²) in [5.41, 5.74) is 3.39. The van der Waals surface area contributed by atoms with Crippen LogP contribution in [0.1, 0.15) is 16.7 Å². The summed E-state index contributed by atoms with van der Waals surface area (Å²) in [5.74, 6) is 0. The highest BCUT2D eigenvalue weighted by atomic mass is 15.2. The van der Waals surface area contributed by atoms with E-state index in [-0.39, 0.29) is 0 Å². The molecule has 1 aliphatic rings. The Kier molecular flexibility index (Phi) is 4.85. The summed E-state index contributed by atoms with van der Waals surface area (Å²) in [5, 5.41) is 12.5. The molecule has 0 aliphatic carbocycles. The van der Waals surface area contributed by atoms with Crippen molar-refractivity contribution in [2.75, 3.05) is 19.6 Å². The van der Waals surface area contributed by atoms with Crippen LogP contribution in [0.4, 0.5) is 0 Å². The molecule has 112 valence electrons. The highest BCUT2D eigenvalue weighted by Crippen LogP contribution is 2.12. The molecule has 3 rings (SSSR count). The fraction of sp³-hybridized carbons (Fsp3) is 0.316. The third-order valence-electron chi connectivity index (χ3n) is 4.15. The van der Waals surface area contributed by atoms with Gasteiger partial charge in [-0.15, -0.1) is 0 Å². The molecule has 1 fully saturated rings. The number of piperazine rings is 1. The summed E-state index contributed by atoms with van der Waals surface area (Å²) >= 11 is 0. The van der Waals surface area contributed by atoms with Crippen LogP contribution in [-0.4, -0.2) is 30.6 Å². The van der Waals surface area contributed by atoms with E-state index < -0.39 is 0 Å². The minimum atomic E-state index is 0.477. The zero-order valence-corrected chi connectivity index (χ0v) is 12.7. The number of hydrogen-bond acceptors (Lipinski definition) is 3. The Morgan fingerprint density at radius 1 is 1.05 bits per heavy atom. The van der Waals surface area contributed by atoms with Crippen molar-refractivity contribution < 1.29 is 0 Å². The Labute approximate surface area is 132 Å². The number of nitrogens with zero attached hydrogens (tertiary/aromatic N) is 2. The van der Waals surface area contributed by atoms with Crippen molar-refractivity contribution in [3.8, 4) is 6.07 Å². The van der Waals surface area contributed by atoms with Crippen molar-refractivity contribution in [3.63, 3.8) is 0 Å². The number of rotatable bonds is 4. The molecule has 0 spiro atoms. The molecule has 22 heavy (non-hydrogen) atoms. The molecule has 1 atom stereocenters. The first-order valence-electron chi connectivity index (χ1n) is 7.82. The van der Waals surface area contributed by atoms with Crippen molar-refractivity contribution in [1.29, 1.82) is 5.26 Å². The lowest BCUT2D eigenvalue weighted by Crippen LogP contribution is -2.51. The van der Waals surface area contributed by atoms with Gasteiger partial charge in [-0.2, -0.15) is 5.26 Å². The standard InChI is InChI=1S/C19H21N3/c20-13-17-8-6-16(7-9-17)12-19-15-22(11-10-21-19)14-18-4-2-1-3-5-18/h1-9,19,21H,10-12,14-15H2. The molecule has 2 aromatic carbocycles. The van der Waals surface area contributed by atoms with E-state index >= 15 is 0 Å². The molecule has 0 amide bonds. The van der Waals surface area contributed by atoms with Crippen LogP contribution in [0.3, 0.4) is 0 Å². The maximum absolute atomic E-state index is 8.86. The first-order valence-corrected chi connectivity index (χ1v) is 7.82. The van der Waals surface area contributed by atoms with Gasteiger partial charge in [0.25, 0.3) is 0 Å². The molecule has 1 N–H and O–H groups in total. The quantitative estimate of drug-likeness (QED) is 0.941. The van der Waals surface area contributed by atoms with Gasteiger partial charge in [-0.05, 0) is 29.7 Å². The Balaban J connectivity index is 1.57. The second kappa shape index (κ2) is 7.22. The lowest BCUT2D eigenvalue weighted by atomic mass is 10.0. The Morgan fingerprint density at radius 2 is 1.82 bits per heavy atom. The van der Waals surface area contributed by atoms with Crippen LogP contribution in [0.5, 0.6) is 0 Å². The fourth-order valence-corrected chi connectivity index (χ4v) is 3.02. The third-order valence-corrected chi connectivity index (χ3v) is 4.15. The molecule has 0 radical (unpaired) electrons. The van der Waals surface area contributed by atoms with Gasteiger partial charge < -0.3 is 5.32 Å². The van der Waals surface area contributed by atoms with Gasteiger partial charge in [0.15, 0.2) is 0 Å². The molecule has 0 saturated carbocycles. The van der Waals surface area contributed by atoms with Crippen LogP contribution in [-0.2, 0) is 13.0 Å². The number of hydrogen-bond donors (Lipinski definition) is 1. The van der Waals surface area contributed by atoms with Crippen LogP contribution in [0, 0.1) is 11.3 Å². The van der Waals surface area contributed by atoms with Gasteiger partial charge in [0.1, 0.15) is 0 Å². The first kappa shape index (κ1) is 14.8. The van der Waals surface area contributed by atoms with Gasteiger partial charge >= 0.3 is 0 Å². The molecule has 1 saturated heterocycles. The molecular weight excluding hydrogens is 270 g/mol. The normalized spacial score (nSPS) is 18.8. The molecule has 2 aromatic rings. The predicted molar refractivity (Wildman–Crippen MR) is 88.4 cm³/mol. The van der Waals surface area contributed by atoms with E-state index in [1.54, 1.807) is 0 Å². The second-order valence-corrected chi connectivity index (χ2v) is 5.88. The van der Waals surface area contributed by atoms with Crippen LogP contribution in [0.15, 0.2) is 54.6 Å². The Hall–Kier alpha value is -2.15. The largest absolute Gasteiger partial charge is 0.311 e. The van der Waals surface area contributed by atoms with Crippen molar-refractivity contribution in [3.05, 3.63) is 71.3 Å². The molecule has 1 heterocycles. The molecule has 3 nitrogen and oxygen atoms in total. The first-order chi connectivity index (χ1) is 10.8. The zero-order valence-electron chi connectivity index (χ0n) is 12.7. The molecule has 1 unspecified atom stereocenters. The van der Waals surface area contributed by atoms with Gasteiger partial charge in [0.05, 0.1) is 11.6 Å². The molecule has 0 aromatic heterocycles. The highest BCUT2D eigenvalue weighted by molar-refractivity contribution is 5.32. The van der Waals surface area contributed by atoms with Gasteiger partial charge in [-0.1, -0.05) is 42.5 Å². The maximum atomic E-state index is 8.86.